The Bertz CT molecular complexity index is 1370. The van der Waals surface area contributed by atoms with Gasteiger partial charge in [0.1, 0.15) is 17.2 Å². The van der Waals surface area contributed by atoms with Crippen molar-refractivity contribution in [1.29, 1.82) is 0 Å². The zero-order chi connectivity index (χ0) is 31.3. The first-order chi connectivity index (χ1) is 21.2. The van der Waals surface area contributed by atoms with Crippen molar-refractivity contribution in [3.63, 3.8) is 0 Å². The van der Waals surface area contributed by atoms with E-state index in [2.05, 4.69) is 10.3 Å². The van der Waals surface area contributed by atoms with E-state index in [9.17, 15) is 14.4 Å². The summed E-state index contributed by atoms with van der Waals surface area (Å²) in [6, 6.07) is 11.5. The molecule has 0 radical (unpaired) electrons. The predicted octanol–water partition coefficient (Wildman–Crippen LogP) is 5.40. The molecule has 3 heterocycles. The smallest absolute Gasteiger partial charge is 0.229 e. The number of aromatic nitrogens is 1. The number of carbonyl (C=O) groups excluding carboxylic acids is 3. The van der Waals surface area contributed by atoms with Gasteiger partial charge in [0.2, 0.25) is 11.8 Å². The van der Waals surface area contributed by atoms with E-state index in [0.29, 0.717) is 24.6 Å². The topological polar surface area (TPSA) is 124 Å². The first-order valence-corrected chi connectivity index (χ1v) is 16.2. The maximum atomic E-state index is 13.0. The van der Waals surface area contributed by atoms with Crippen LogP contribution in [0.25, 0.3) is 0 Å². The number of pyridine rings is 1. The second kappa shape index (κ2) is 14.9. The van der Waals surface area contributed by atoms with Crippen molar-refractivity contribution < 1.29 is 23.9 Å². The van der Waals surface area contributed by atoms with Gasteiger partial charge < -0.3 is 25.4 Å². The van der Waals surface area contributed by atoms with E-state index in [1.54, 1.807) is 20.3 Å². The van der Waals surface area contributed by atoms with Crippen LogP contribution in [0.1, 0.15) is 92.4 Å². The minimum Gasteiger partial charge on any atom is -0.497 e. The van der Waals surface area contributed by atoms with E-state index < -0.39 is 0 Å². The van der Waals surface area contributed by atoms with Crippen molar-refractivity contribution in [2.75, 3.05) is 27.3 Å². The number of Topliss-reactive ketones (excluding diaryl/α,β-unsaturated/α-hetero) is 1. The number of hydrogen-bond acceptors (Lipinski definition) is 7. The van der Waals surface area contributed by atoms with Gasteiger partial charge in [-0.1, -0.05) is 18.9 Å². The van der Waals surface area contributed by atoms with E-state index in [1.165, 1.54) is 0 Å². The molecule has 246 valence electrons. The minimum atomic E-state index is -0.211. The number of amides is 2. The molecule has 2 saturated heterocycles. The highest BCUT2D eigenvalue weighted by Gasteiger charge is 2.48. The largest absolute Gasteiger partial charge is 0.497 e. The van der Waals surface area contributed by atoms with Crippen molar-refractivity contribution in [3.8, 4) is 11.5 Å². The summed E-state index contributed by atoms with van der Waals surface area (Å²) >= 11 is 0. The number of nitrogens with one attached hydrogen (secondary N) is 1. The number of hydrogen-bond donors (Lipinski definition) is 2. The maximum Gasteiger partial charge on any atom is 0.229 e. The minimum absolute atomic E-state index is 0. The van der Waals surface area contributed by atoms with Crippen molar-refractivity contribution in [1.82, 2.24) is 15.2 Å². The highest BCUT2D eigenvalue weighted by molar-refractivity contribution is 5.94. The van der Waals surface area contributed by atoms with Crippen LogP contribution in [0.5, 0.6) is 11.5 Å². The first kappa shape index (κ1) is 34.7. The Morgan fingerprint density at radius 2 is 1.80 bits per heavy atom. The third kappa shape index (κ3) is 7.80. The number of rotatable bonds is 7. The summed E-state index contributed by atoms with van der Waals surface area (Å²) in [4.78, 5) is 43.7. The number of ketones is 1. The van der Waals surface area contributed by atoms with Crippen LogP contribution in [0, 0.1) is 23.7 Å². The monoisotopic (exact) mass is 640 g/mol. The third-order valence-corrected chi connectivity index (χ3v) is 10.3. The van der Waals surface area contributed by atoms with Gasteiger partial charge in [0.15, 0.2) is 5.78 Å². The quantitative estimate of drug-likeness (QED) is 0.388. The molecule has 1 aromatic carbocycles. The molecule has 45 heavy (non-hydrogen) atoms. The highest BCUT2D eigenvalue weighted by atomic mass is 35.5. The van der Waals surface area contributed by atoms with Crippen LogP contribution in [0.4, 0.5) is 0 Å². The molecule has 2 spiro atoms. The SMILES string of the molecule is COc1ccc(CN2CC[C@]3(CCC[C@H](N)C3)C2=O)c(OC)c1.Cc1cccc(C(=O)C[C@H]2CCC[C@]3(CCNC3=O)C2)n1.Cl. The van der Waals surface area contributed by atoms with Crippen LogP contribution < -0.4 is 20.5 Å². The van der Waals surface area contributed by atoms with Crippen LogP contribution in [-0.2, 0) is 16.1 Å². The van der Waals surface area contributed by atoms with Crippen LogP contribution in [0.2, 0.25) is 0 Å². The van der Waals surface area contributed by atoms with E-state index in [4.69, 9.17) is 15.2 Å². The van der Waals surface area contributed by atoms with Crippen LogP contribution in [0.15, 0.2) is 36.4 Å². The average molecular weight is 641 g/mol. The van der Waals surface area contributed by atoms with Gasteiger partial charge >= 0.3 is 0 Å². The summed E-state index contributed by atoms with van der Waals surface area (Å²) < 4.78 is 10.7. The number of nitrogens with zero attached hydrogens (tertiary/aromatic N) is 2. The van der Waals surface area contributed by atoms with E-state index in [-0.39, 0.29) is 46.9 Å². The molecule has 2 aliphatic carbocycles. The molecular weight excluding hydrogens is 592 g/mol. The van der Waals surface area contributed by atoms with Gasteiger partial charge in [-0.2, -0.15) is 0 Å². The second-order valence-corrected chi connectivity index (χ2v) is 13.3. The van der Waals surface area contributed by atoms with Crippen LogP contribution in [0.3, 0.4) is 0 Å². The summed E-state index contributed by atoms with van der Waals surface area (Å²) in [5.74, 6) is 2.42. The van der Waals surface area contributed by atoms with Crippen molar-refractivity contribution in [2.24, 2.45) is 22.5 Å². The molecule has 10 heteroatoms. The molecule has 4 atom stereocenters. The molecular formula is C35H49ClN4O5. The van der Waals surface area contributed by atoms with Crippen molar-refractivity contribution in [3.05, 3.63) is 53.3 Å². The summed E-state index contributed by atoms with van der Waals surface area (Å²) in [6.45, 7) is 4.08. The molecule has 2 aliphatic heterocycles. The van der Waals surface area contributed by atoms with E-state index >= 15 is 0 Å². The Kier molecular flexibility index (Phi) is 11.5. The van der Waals surface area contributed by atoms with Crippen LogP contribution in [-0.4, -0.2) is 60.8 Å². The Morgan fingerprint density at radius 3 is 2.49 bits per heavy atom. The Balaban J connectivity index is 0.000000201. The standard InChI is InChI=1S/C18H26N2O3.C17H22N2O2.ClH/c1-22-15-6-5-13(16(10-15)23-2)12-20-9-8-18(17(20)21)7-3-4-14(19)11-18;1-12-4-2-6-14(19-12)15(20)10-13-5-3-7-17(11-13)8-9-18-16(17)21;/h5-6,10,14H,3-4,7-9,11-12,19H2,1-2H3;2,4,6,13H,3,5,7-11H2,1H3,(H,18,21);1H/t14-,18-;13-,17+;/m01./s1. The van der Waals surface area contributed by atoms with Gasteiger partial charge in [0, 0.05) is 49.4 Å². The van der Waals surface area contributed by atoms with Gasteiger partial charge in [-0.05, 0) is 88.5 Å². The highest BCUT2D eigenvalue weighted by Crippen LogP contribution is 2.46. The Hall–Kier alpha value is -3.17. The molecule has 2 amide bonds. The van der Waals surface area contributed by atoms with Gasteiger partial charge in [-0.15, -0.1) is 12.4 Å². The van der Waals surface area contributed by atoms with Crippen molar-refractivity contribution in [2.45, 2.75) is 90.1 Å². The molecule has 3 N–H and O–H groups in total. The van der Waals surface area contributed by atoms with E-state index in [1.807, 2.05) is 42.2 Å². The Labute approximate surface area is 273 Å². The molecule has 0 unspecified atom stereocenters. The number of ether oxygens (including phenoxy) is 2. The Morgan fingerprint density at radius 1 is 1.02 bits per heavy atom. The zero-order valence-electron chi connectivity index (χ0n) is 26.9. The van der Waals surface area contributed by atoms with Gasteiger partial charge in [-0.25, -0.2) is 0 Å². The predicted molar refractivity (Wildman–Crippen MR) is 176 cm³/mol. The second-order valence-electron chi connectivity index (χ2n) is 13.3. The molecule has 0 bridgehead atoms. The summed E-state index contributed by atoms with van der Waals surface area (Å²) in [5.41, 5.74) is 8.17. The number of carbonyl (C=O) groups is 3. The number of benzene rings is 1. The lowest BCUT2D eigenvalue weighted by molar-refractivity contribution is -0.138. The molecule has 9 nitrogen and oxygen atoms in total. The first-order valence-electron chi connectivity index (χ1n) is 16.2. The fraction of sp³-hybridized carbons (Fsp3) is 0.600. The lowest BCUT2D eigenvalue weighted by Crippen LogP contribution is -2.42. The molecule has 6 rings (SSSR count). The number of methoxy groups -OCH3 is 2. The number of aryl methyl sites for hydroxylation is 1. The number of likely N-dealkylation sites (tertiary alicyclic amines) is 1. The molecule has 4 fully saturated rings. The third-order valence-electron chi connectivity index (χ3n) is 10.3. The summed E-state index contributed by atoms with van der Waals surface area (Å²) in [5, 5.41) is 2.96. The molecule has 1 aromatic heterocycles. The fourth-order valence-electron chi connectivity index (χ4n) is 7.94. The number of nitrogens with two attached hydrogens (primary N) is 1. The average Bonchev–Trinajstić information content (AvgIpc) is 3.51. The fourth-order valence-corrected chi connectivity index (χ4v) is 7.94. The number of halogens is 1. The zero-order valence-corrected chi connectivity index (χ0v) is 27.8. The van der Waals surface area contributed by atoms with Gasteiger partial charge in [0.25, 0.3) is 0 Å². The molecule has 4 aliphatic rings. The summed E-state index contributed by atoms with van der Waals surface area (Å²) in [7, 11) is 3.28. The van der Waals surface area contributed by atoms with Gasteiger partial charge in [0.05, 0.1) is 25.0 Å². The lowest BCUT2D eigenvalue weighted by Gasteiger charge is -2.35. The molecule has 2 aromatic rings. The van der Waals surface area contributed by atoms with Gasteiger partial charge in [-0.3, -0.25) is 19.4 Å². The van der Waals surface area contributed by atoms with Crippen molar-refractivity contribution >= 4 is 30.0 Å². The maximum absolute atomic E-state index is 13.0. The lowest BCUT2D eigenvalue weighted by atomic mass is 9.67. The van der Waals surface area contributed by atoms with Crippen LogP contribution >= 0.6 is 12.4 Å². The summed E-state index contributed by atoms with van der Waals surface area (Å²) in [6.07, 6.45) is 10.2. The van der Waals surface area contributed by atoms with E-state index in [0.717, 1.165) is 100 Å². The molecule has 2 saturated carbocycles. The normalized spacial score (nSPS) is 27.4.